The fourth-order valence-electron chi connectivity index (χ4n) is 0.922. The maximum Gasteiger partial charge on any atom is 0.433 e. The third kappa shape index (κ3) is 0.849. The predicted octanol–water partition coefficient (Wildman–Crippen LogP) is -0.546. The Morgan fingerprint density at radius 3 is 3.08 bits per heavy atom. The number of hydrogen-bond acceptors (Lipinski definition) is 6. The monoisotopic (exact) mass is 165 g/mol. The van der Waals surface area contributed by atoms with Gasteiger partial charge in [0, 0.05) is 0 Å². The van der Waals surface area contributed by atoms with Crippen LogP contribution in [0.15, 0.2) is 6.33 Å². The van der Waals surface area contributed by atoms with Crippen LogP contribution in [0.1, 0.15) is 0 Å². The lowest BCUT2D eigenvalue weighted by Crippen LogP contribution is -2.13. The van der Waals surface area contributed by atoms with E-state index in [0.717, 1.165) is 0 Å². The number of anilines is 2. The van der Waals surface area contributed by atoms with Crippen molar-refractivity contribution in [2.75, 3.05) is 18.2 Å². The first kappa shape index (κ1) is 6.84. The number of nitrogens with two attached hydrogens (primary N) is 1. The van der Waals surface area contributed by atoms with E-state index in [-0.39, 0.29) is 0 Å². The van der Waals surface area contributed by atoms with Gasteiger partial charge in [-0.15, -0.1) is 0 Å². The molecule has 0 spiro atoms. The first-order chi connectivity index (χ1) is 5.81. The number of aromatic nitrogens is 2. The Hall–Kier alpha value is -1.85. The summed E-state index contributed by atoms with van der Waals surface area (Å²) >= 11 is 0. The van der Waals surface area contributed by atoms with Crippen molar-refractivity contribution in [3.8, 4) is 0 Å². The van der Waals surface area contributed by atoms with Gasteiger partial charge in [-0.05, 0) is 4.99 Å². The van der Waals surface area contributed by atoms with Crippen LogP contribution in [0.2, 0.25) is 0 Å². The summed E-state index contributed by atoms with van der Waals surface area (Å²) in [7, 11) is 1.52. The van der Waals surface area contributed by atoms with E-state index in [1.807, 2.05) is 0 Å². The van der Waals surface area contributed by atoms with Crippen molar-refractivity contribution in [1.29, 1.82) is 0 Å². The van der Waals surface area contributed by atoms with Crippen LogP contribution in [0.5, 0.6) is 0 Å². The van der Waals surface area contributed by atoms with Crippen molar-refractivity contribution >= 4 is 23.3 Å². The van der Waals surface area contributed by atoms with Crippen LogP contribution >= 0.6 is 0 Å². The molecule has 0 amide bonds. The van der Waals surface area contributed by atoms with Crippen LogP contribution < -0.4 is 16.0 Å². The molecule has 1 aromatic heterocycles. The molecule has 1 aliphatic rings. The van der Waals surface area contributed by atoms with Crippen molar-refractivity contribution < 1.29 is 4.74 Å². The first-order valence-corrected chi connectivity index (χ1v) is 3.31. The Morgan fingerprint density at radius 2 is 2.42 bits per heavy atom. The van der Waals surface area contributed by atoms with Gasteiger partial charge in [0.25, 0.3) is 0 Å². The average molecular weight is 165 g/mol. The molecule has 2 rings (SSSR count). The molecule has 0 aliphatic carbocycles. The minimum absolute atomic E-state index is 0.371. The van der Waals surface area contributed by atoms with E-state index in [1.54, 1.807) is 0 Å². The Balaban J connectivity index is 2.45. The maximum absolute atomic E-state index is 5.55. The fraction of sp³-hybridized carbons (Fsp3) is 0.167. The third-order valence-corrected chi connectivity index (χ3v) is 1.49. The van der Waals surface area contributed by atoms with Crippen molar-refractivity contribution in [3.05, 3.63) is 6.33 Å². The van der Waals surface area contributed by atoms with Gasteiger partial charge >= 0.3 is 11.8 Å². The lowest BCUT2D eigenvalue weighted by molar-refractivity contribution is 0.400. The van der Waals surface area contributed by atoms with Crippen LogP contribution in [-0.2, 0) is 4.74 Å². The second kappa shape index (κ2) is 2.33. The average Bonchev–Trinajstić information content (AvgIpc) is 2.49. The number of nitrogens with one attached hydrogen (secondary N) is 1. The van der Waals surface area contributed by atoms with E-state index in [2.05, 4.69) is 20.3 Å². The molecule has 1 aromatic rings. The zero-order chi connectivity index (χ0) is 8.55. The highest BCUT2D eigenvalue weighted by atomic mass is 16.5. The molecule has 6 nitrogen and oxygen atoms in total. The summed E-state index contributed by atoms with van der Waals surface area (Å²) < 4.78 is 4.86. The molecule has 3 N–H and O–H groups in total. The molecule has 61 valence electrons. The highest BCUT2D eigenvalue weighted by molar-refractivity contribution is 6.00. The second-order valence-electron chi connectivity index (χ2n) is 2.20. The normalized spacial score (nSPS) is 13.2. The molecule has 2 heterocycles. The number of hydrogen-bond donors (Lipinski definition) is 2. The molecule has 0 saturated heterocycles. The van der Waals surface area contributed by atoms with Gasteiger partial charge in [0.05, 0.1) is 7.11 Å². The number of nitrogens with zero attached hydrogens (tertiary/aromatic N) is 3. The zero-order valence-electron chi connectivity index (χ0n) is 6.40. The van der Waals surface area contributed by atoms with E-state index >= 15 is 0 Å². The van der Waals surface area contributed by atoms with E-state index < -0.39 is 0 Å². The molecule has 0 bridgehead atoms. The number of rotatable bonds is 0. The topological polar surface area (TPSA) is 87.2 Å². The molecule has 1 radical (unpaired) electrons. The number of ether oxygens (including phenoxy) is 1. The van der Waals surface area contributed by atoms with E-state index in [1.165, 1.54) is 13.4 Å². The van der Waals surface area contributed by atoms with Crippen LogP contribution in [-0.4, -0.2) is 23.1 Å². The summed E-state index contributed by atoms with van der Waals surface area (Å²) in [6.45, 7) is 0. The predicted molar refractivity (Wildman–Crippen MR) is 43.9 cm³/mol. The van der Waals surface area contributed by atoms with E-state index in [0.29, 0.717) is 23.3 Å². The summed E-state index contributed by atoms with van der Waals surface area (Å²) in [5.41, 5.74) is 6.15. The van der Waals surface area contributed by atoms with Gasteiger partial charge in [0.2, 0.25) is 5.69 Å². The smallest absolute Gasteiger partial charge is 0.433 e. The van der Waals surface area contributed by atoms with Crippen LogP contribution in [0.4, 0.5) is 17.3 Å². The Labute approximate surface area is 68.5 Å². The Kier molecular flexibility index (Phi) is 1.33. The standard InChI is InChI=1S/C6H7N5O/c1-12-6-10-3-4(7)8-2-9-5(3)11-6/h2,10H,1H3,(H2,7,8,9)/q+1. The summed E-state index contributed by atoms with van der Waals surface area (Å²) in [6.07, 6.45) is 1.36. The van der Waals surface area contributed by atoms with Gasteiger partial charge in [0.15, 0.2) is 12.1 Å². The van der Waals surface area contributed by atoms with Crippen molar-refractivity contribution in [2.24, 2.45) is 0 Å². The van der Waals surface area contributed by atoms with Gasteiger partial charge < -0.3 is 10.5 Å². The minimum atomic E-state index is 0.371. The number of fused-ring (bicyclic) bond motifs is 1. The zero-order valence-corrected chi connectivity index (χ0v) is 6.40. The van der Waals surface area contributed by atoms with Crippen molar-refractivity contribution in [2.45, 2.75) is 0 Å². The number of methoxy groups -OCH3 is 1. The second-order valence-corrected chi connectivity index (χ2v) is 2.20. The molecule has 0 fully saturated rings. The summed E-state index contributed by atoms with van der Waals surface area (Å²) in [5.74, 6) is 0.884. The van der Waals surface area contributed by atoms with Gasteiger partial charge in [-0.3, -0.25) is 0 Å². The quantitative estimate of drug-likeness (QED) is 0.538. The maximum atomic E-state index is 5.55. The minimum Gasteiger partial charge on any atom is -0.444 e. The highest BCUT2D eigenvalue weighted by Crippen LogP contribution is 2.26. The fourth-order valence-corrected chi connectivity index (χ4v) is 0.922. The largest absolute Gasteiger partial charge is 0.444 e. The van der Waals surface area contributed by atoms with Gasteiger partial charge in [-0.25, -0.2) is 5.32 Å². The SMILES string of the molecule is COC1=[N+]c2ncnc(N)c2N1. The molecular weight excluding hydrogens is 158 g/mol. The lowest BCUT2D eigenvalue weighted by Gasteiger charge is -1.93. The number of amidine groups is 1. The van der Waals surface area contributed by atoms with E-state index in [9.17, 15) is 0 Å². The van der Waals surface area contributed by atoms with Crippen molar-refractivity contribution in [3.63, 3.8) is 0 Å². The molecule has 0 aromatic carbocycles. The van der Waals surface area contributed by atoms with Crippen molar-refractivity contribution in [1.82, 2.24) is 15.0 Å². The molecule has 12 heavy (non-hydrogen) atoms. The third-order valence-electron chi connectivity index (χ3n) is 1.49. The summed E-state index contributed by atoms with van der Waals surface area (Å²) in [4.78, 5) is 11.7. The van der Waals surface area contributed by atoms with Gasteiger partial charge in [-0.1, -0.05) is 4.98 Å². The number of nitrogen functional groups attached to an aromatic ring is 1. The summed E-state index contributed by atoms with van der Waals surface area (Å²) in [5, 5.41) is 2.83. The van der Waals surface area contributed by atoms with Crippen LogP contribution in [0.25, 0.3) is 0 Å². The molecular formula is C6H7N5O+. The lowest BCUT2D eigenvalue weighted by atomic mass is 10.4. The van der Waals surface area contributed by atoms with Crippen LogP contribution in [0.3, 0.4) is 0 Å². The molecule has 0 saturated carbocycles. The van der Waals surface area contributed by atoms with E-state index in [4.69, 9.17) is 10.5 Å². The molecule has 6 heteroatoms. The van der Waals surface area contributed by atoms with Gasteiger partial charge in [-0.2, -0.15) is 4.98 Å². The Bertz CT molecular complexity index is 348. The molecule has 1 aliphatic heterocycles. The summed E-state index contributed by atoms with van der Waals surface area (Å²) in [6, 6.07) is 0.386. The Morgan fingerprint density at radius 1 is 1.58 bits per heavy atom. The molecule has 0 atom stereocenters. The highest BCUT2D eigenvalue weighted by Gasteiger charge is 2.28. The molecule has 0 unspecified atom stereocenters. The number of aliphatic imine (C=N–C) groups is 1. The van der Waals surface area contributed by atoms with Gasteiger partial charge in [0.1, 0.15) is 0 Å². The first-order valence-electron chi connectivity index (χ1n) is 3.31. The van der Waals surface area contributed by atoms with Crippen LogP contribution in [0, 0.1) is 0 Å².